The maximum atomic E-state index is 10.7. The van der Waals surface area contributed by atoms with Gasteiger partial charge in [0.05, 0.1) is 5.92 Å². The monoisotopic (exact) mass is 237 g/mol. The van der Waals surface area contributed by atoms with E-state index in [9.17, 15) is 10.1 Å². The van der Waals surface area contributed by atoms with Gasteiger partial charge in [-0.15, -0.1) is 0 Å². The number of ether oxygens (including phenoxy) is 2. The fraction of sp³-hybridized carbons (Fsp3) is 0.500. The first-order chi connectivity index (χ1) is 8.13. The molecule has 1 aliphatic rings. The third kappa shape index (κ3) is 2.24. The standard InChI is InChI=1S/C12H15NO4/c1-8-10(7-13(14)15)9-5-3-4-6-11(9)17-12(8)16-2/h3-6,8,10,12H,7H2,1-2H3/t8-,10+,12-/m0/s1. The second kappa shape index (κ2) is 4.71. The van der Waals surface area contributed by atoms with E-state index in [1.807, 2.05) is 31.2 Å². The Bertz CT molecular complexity index is 421. The van der Waals surface area contributed by atoms with Crippen LogP contribution in [-0.2, 0) is 4.74 Å². The Morgan fingerprint density at radius 1 is 1.47 bits per heavy atom. The fourth-order valence-electron chi connectivity index (χ4n) is 2.29. The highest BCUT2D eigenvalue weighted by Gasteiger charge is 2.38. The van der Waals surface area contributed by atoms with Crippen molar-refractivity contribution in [2.24, 2.45) is 5.92 Å². The Labute approximate surface area is 99.5 Å². The average Bonchev–Trinajstić information content (AvgIpc) is 2.32. The van der Waals surface area contributed by atoms with Crippen molar-refractivity contribution in [2.45, 2.75) is 19.1 Å². The Balaban J connectivity index is 2.37. The number of hydrogen-bond acceptors (Lipinski definition) is 4. The van der Waals surface area contributed by atoms with Crippen LogP contribution in [0.1, 0.15) is 18.4 Å². The van der Waals surface area contributed by atoms with Gasteiger partial charge in [-0.3, -0.25) is 10.1 Å². The molecule has 2 rings (SSSR count). The number of nitro groups is 1. The highest BCUT2D eigenvalue weighted by molar-refractivity contribution is 5.38. The first kappa shape index (κ1) is 11.9. The molecule has 1 aliphatic heterocycles. The average molecular weight is 237 g/mol. The van der Waals surface area contributed by atoms with Gasteiger partial charge in [0.15, 0.2) is 0 Å². The van der Waals surface area contributed by atoms with Gasteiger partial charge in [0.25, 0.3) is 0 Å². The molecule has 0 saturated carbocycles. The minimum atomic E-state index is -0.421. The van der Waals surface area contributed by atoms with E-state index in [1.165, 1.54) is 0 Å². The maximum absolute atomic E-state index is 10.7. The van der Waals surface area contributed by atoms with E-state index >= 15 is 0 Å². The van der Waals surface area contributed by atoms with Crippen molar-refractivity contribution >= 4 is 0 Å². The summed E-state index contributed by atoms with van der Waals surface area (Å²) in [4.78, 5) is 10.5. The maximum Gasteiger partial charge on any atom is 0.211 e. The molecule has 0 aliphatic carbocycles. The van der Waals surface area contributed by atoms with Gasteiger partial charge in [-0.05, 0) is 6.07 Å². The molecule has 0 N–H and O–H groups in total. The molecule has 0 radical (unpaired) electrons. The van der Waals surface area contributed by atoms with Crippen LogP contribution in [0, 0.1) is 16.0 Å². The zero-order chi connectivity index (χ0) is 12.4. The summed E-state index contributed by atoms with van der Waals surface area (Å²) in [6, 6.07) is 7.42. The van der Waals surface area contributed by atoms with E-state index in [1.54, 1.807) is 7.11 Å². The molecule has 0 spiro atoms. The Morgan fingerprint density at radius 2 is 2.18 bits per heavy atom. The number of fused-ring (bicyclic) bond motifs is 1. The van der Waals surface area contributed by atoms with E-state index in [0.717, 1.165) is 5.56 Å². The van der Waals surface area contributed by atoms with Crippen LogP contribution in [0.4, 0.5) is 0 Å². The van der Waals surface area contributed by atoms with Crippen LogP contribution in [0.2, 0.25) is 0 Å². The number of nitrogens with zero attached hydrogens (tertiary/aromatic N) is 1. The van der Waals surface area contributed by atoms with Crippen LogP contribution in [0.25, 0.3) is 0 Å². The van der Waals surface area contributed by atoms with Gasteiger partial charge in [-0.1, -0.05) is 25.1 Å². The molecule has 3 atom stereocenters. The molecule has 5 nitrogen and oxygen atoms in total. The lowest BCUT2D eigenvalue weighted by molar-refractivity contribution is -0.486. The molecule has 0 fully saturated rings. The summed E-state index contributed by atoms with van der Waals surface area (Å²) in [5.41, 5.74) is 0.894. The molecule has 92 valence electrons. The van der Waals surface area contributed by atoms with Crippen molar-refractivity contribution in [3.63, 3.8) is 0 Å². The summed E-state index contributed by atoms with van der Waals surface area (Å²) < 4.78 is 10.9. The topological polar surface area (TPSA) is 61.6 Å². The van der Waals surface area contributed by atoms with Crippen LogP contribution in [0.5, 0.6) is 5.75 Å². The summed E-state index contributed by atoms with van der Waals surface area (Å²) in [5, 5.41) is 10.7. The predicted octanol–water partition coefficient (Wildman–Crippen LogP) is 2.05. The first-order valence-corrected chi connectivity index (χ1v) is 5.53. The van der Waals surface area contributed by atoms with Crippen molar-refractivity contribution in [3.05, 3.63) is 39.9 Å². The van der Waals surface area contributed by atoms with Gasteiger partial charge < -0.3 is 9.47 Å². The van der Waals surface area contributed by atoms with Gasteiger partial charge in [0, 0.05) is 23.5 Å². The number of hydrogen-bond donors (Lipinski definition) is 0. The Hall–Kier alpha value is -1.62. The normalized spacial score (nSPS) is 27.1. The highest BCUT2D eigenvalue weighted by Crippen LogP contribution is 2.40. The van der Waals surface area contributed by atoms with Gasteiger partial charge in [-0.25, -0.2) is 0 Å². The van der Waals surface area contributed by atoms with Crippen LogP contribution >= 0.6 is 0 Å². The largest absolute Gasteiger partial charge is 0.464 e. The predicted molar refractivity (Wildman–Crippen MR) is 61.6 cm³/mol. The quantitative estimate of drug-likeness (QED) is 0.596. The minimum absolute atomic E-state index is 0.0414. The van der Waals surface area contributed by atoms with Crippen molar-refractivity contribution in [1.82, 2.24) is 0 Å². The molecule has 1 aromatic carbocycles. The molecule has 1 heterocycles. The number of methoxy groups -OCH3 is 1. The fourth-order valence-corrected chi connectivity index (χ4v) is 2.29. The first-order valence-electron chi connectivity index (χ1n) is 5.53. The van der Waals surface area contributed by atoms with Gasteiger partial charge in [-0.2, -0.15) is 0 Å². The Morgan fingerprint density at radius 3 is 2.82 bits per heavy atom. The lowest BCUT2D eigenvalue weighted by Gasteiger charge is -2.34. The van der Waals surface area contributed by atoms with Gasteiger partial charge in [0.1, 0.15) is 5.75 Å². The summed E-state index contributed by atoms with van der Waals surface area (Å²) in [5.74, 6) is 0.476. The summed E-state index contributed by atoms with van der Waals surface area (Å²) in [6.07, 6.45) is -0.421. The molecular formula is C12H15NO4. The molecule has 0 bridgehead atoms. The van der Waals surface area contributed by atoms with E-state index in [4.69, 9.17) is 9.47 Å². The molecular weight excluding hydrogens is 222 g/mol. The molecule has 0 amide bonds. The summed E-state index contributed by atoms with van der Waals surface area (Å²) in [7, 11) is 1.55. The molecule has 0 unspecified atom stereocenters. The van der Waals surface area contributed by atoms with Crippen molar-refractivity contribution in [3.8, 4) is 5.75 Å². The SMILES string of the molecule is CO[C@H]1Oc2ccccc2[C@H](C[N+](=O)[O-])[C@@H]1C. The van der Waals surface area contributed by atoms with Gasteiger partial charge >= 0.3 is 0 Å². The van der Waals surface area contributed by atoms with Crippen molar-refractivity contribution in [1.29, 1.82) is 0 Å². The highest BCUT2D eigenvalue weighted by atomic mass is 16.7. The van der Waals surface area contributed by atoms with Crippen molar-refractivity contribution in [2.75, 3.05) is 13.7 Å². The second-order valence-electron chi connectivity index (χ2n) is 4.24. The van der Waals surface area contributed by atoms with Crippen LogP contribution < -0.4 is 4.74 Å². The van der Waals surface area contributed by atoms with Crippen LogP contribution in [0.15, 0.2) is 24.3 Å². The summed E-state index contributed by atoms with van der Waals surface area (Å²) in [6.45, 7) is 1.82. The van der Waals surface area contributed by atoms with E-state index in [-0.39, 0.29) is 23.3 Å². The number of para-hydroxylation sites is 1. The third-order valence-electron chi connectivity index (χ3n) is 3.20. The van der Waals surface area contributed by atoms with Crippen LogP contribution in [-0.4, -0.2) is 24.9 Å². The van der Waals surface area contributed by atoms with E-state index in [2.05, 4.69) is 0 Å². The molecule has 0 saturated heterocycles. The minimum Gasteiger partial charge on any atom is -0.464 e. The number of benzene rings is 1. The molecule has 5 heteroatoms. The molecule has 0 aromatic heterocycles. The second-order valence-corrected chi connectivity index (χ2v) is 4.24. The van der Waals surface area contributed by atoms with E-state index in [0.29, 0.717) is 5.75 Å². The van der Waals surface area contributed by atoms with Gasteiger partial charge in [0.2, 0.25) is 12.8 Å². The molecule has 1 aromatic rings. The summed E-state index contributed by atoms with van der Waals surface area (Å²) >= 11 is 0. The third-order valence-corrected chi connectivity index (χ3v) is 3.20. The number of rotatable bonds is 3. The lowest BCUT2D eigenvalue weighted by Crippen LogP contribution is -2.38. The van der Waals surface area contributed by atoms with Crippen LogP contribution in [0.3, 0.4) is 0 Å². The Kier molecular flexibility index (Phi) is 3.28. The smallest absolute Gasteiger partial charge is 0.211 e. The van der Waals surface area contributed by atoms with Crippen molar-refractivity contribution < 1.29 is 14.4 Å². The lowest BCUT2D eigenvalue weighted by atomic mass is 9.84. The van der Waals surface area contributed by atoms with E-state index < -0.39 is 6.29 Å². The zero-order valence-corrected chi connectivity index (χ0v) is 9.83. The zero-order valence-electron chi connectivity index (χ0n) is 9.83. The molecule has 17 heavy (non-hydrogen) atoms.